The van der Waals surface area contributed by atoms with Crippen LogP contribution in [0.15, 0.2) is 65.4 Å². The Labute approximate surface area is 187 Å². The maximum atomic E-state index is 13.2. The Balaban J connectivity index is 1.76. The van der Waals surface area contributed by atoms with Crippen LogP contribution in [0.4, 0.5) is 0 Å². The largest absolute Gasteiger partial charge is 0.497 e. The van der Waals surface area contributed by atoms with Gasteiger partial charge < -0.3 is 9.64 Å². The highest BCUT2D eigenvalue weighted by Gasteiger charge is 2.27. The summed E-state index contributed by atoms with van der Waals surface area (Å²) in [6.07, 6.45) is 6.88. The molecule has 0 N–H and O–H groups in total. The van der Waals surface area contributed by atoms with Crippen LogP contribution in [0.25, 0.3) is 0 Å². The molecule has 3 nitrogen and oxygen atoms in total. The molecule has 2 aromatic carbocycles. The van der Waals surface area contributed by atoms with Crippen molar-refractivity contribution < 1.29 is 9.53 Å². The lowest BCUT2D eigenvalue weighted by Gasteiger charge is -2.32. The third kappa shape index (κ3) is 5.66. The van der Waals surface area contributed by atoms with Crippen LogP contribution in [-0.2, 0) is 17.8 Å². The minimum Gasteiger partial charge on any atom is -0.497 e. The molecule has 2 aromatic rings. The van der Waals surface area contributed by atoms with Crippen molar-refractivity contribution in [2.45, 2.75) is 66.3 Å². The molecule has 1 heterocycles. The van der Waals surface area contributed by atoms with E-state index in [1.165, 1.54) is 27.8 Å². The van der Waals surface area contributed by atoms with Gasteiger partial charge in [0, 0.05) is 17.7 Å². The van der Waals surface area contributed by atoms with Gasteiger partial charge in [0.05, 0.1) is 13.7 Å². The van der Waals surface area contributed by atoms with Gasteiger partial charge in [0.25, 0.3) is 5.91 Å². The molecule has 3 heteroatoms. The quantitative estimate of drug-likeness (QED) is 0.449. The van der Waals surface area contributed by atoms with Crippen LogP contribution < -0.4 is 4.74 Å². The van der Waals surface area contributed by atoms with Gasteiger partial charge in [0.15, 0.2) is 0 Å². The number of methoxy groups -OCH3 is 1. The summed E-state index contributed by atoms with van der Waals surface area (Å²) < 4.78 is 5.25. The van der Waals surface area contributed by atoms with Crippen LogP contribution in [0.3, 0.4) is 0 Å². The molecule has 0 aromatic heterocycles. The van der Waals surface area contributed by atoms with Gasteiger partial charge in [0.1, 0.15) is 5.75 Å². The molecule has 0 fully saturated rings. The Hall–Kier alpha value is -2.81. The summed E-state index contributed by atoms with van der Waals surface area (Å²) in [5.41, 5.74) is 8.52. The summed E-state index contributed by atoms with van der Waals surface area (Å²) in [7, 11) is 1.69. The van der Waals surface area contributed by atoms with Crippen LogP contribution in [-0.4, -0.2) is 17.9 Å². The molecule has 0 saturated carbocycles. The molecule has 31 heavy (non-hydrogen) atoms. The first-order chi connectivity index (χ1) is 14.9. The fraction of sp³-hybridized carbons (Fsp3) is 0.393. The summed E-state index contributed by atoms with van der Waals surface area (Å²) >= 11 is 0. The summed E-state index contributed by atoms with van der Waals surface area (Å²) in [5.74, 6) is 1.06. The Morgan fingerprint density at radius 2 is 1.68 bits per heavy atom. The molecule has 0 spiro atoms. The number of amides is 1. The van der Waals surface area contributed by atoms with Gasteiger partial charge in [-0.2, -0.15) is 0 Å². The standard InChI is InChI=1S/C28H35NO2/c1-6-8-26-18-25(10-7-9-23-13-15-27(31-5)16-14-23)22(4)29(28(26)30)19-24-12-11-20(2)21(3)17-24/h8,11-17H,6-7,9-10,18-19H2,1-5H3/b26-8-. The number of hydrogen-bond acceptors (Lipinski definition) is 2. The van der Waals surface area contributed by atoms with Gasteiger partial charge >= 0.3 is 0 Å². The normalized spacial score (nSPS) is 15.7. The minimum absolute atomic E-state index is 0.163. The monoisotopic (exact) mass is 417 g/mol. The number of benzene rings is 2. The number of allylic oxidation sites excluding steroid dienone is 3. The van der Waals surface area contributed by atoms with Gasteiger partial charge in [-0.15, -0.1) is 0 Å². The number of carbonyl (C=O) groups is 1. The summed E-state index contributed by atoms with van der Waals surface area (Å²) in [4.78, 5) is 15.2. The molecular formula is C28H35NO2. The van der Waals surface area contributed by atoms with Crippen LogP contribution in [0.1, 0.15) is 61.8 Å². The average Bonchev–Trinajstić information content (AvgIpc) is 2.77. The molecule has 1 aliphatic rings. The van der Waals surface area contributed by atoms with Crippen molar-refractivity contribution in [1.82, 2.24) is 4.90 Å². The van der Waals surface area contributed by atoms with Gasteiger partial charge in [-0.1, -0.05) is 43.3 Å². The van der Waals surface area contributed by atoms with E-state index >= 15 is 0 Å². The van der Waals surface area contributed by atoms with Crippen molar-refractivity contribution in [1.29, 1.82) is 0 Å². The second-order valence-electron chi connectivity index (χ2n) is 8.51. The van der Waals surface area contributed by atoms with E-state index in [0.717, 1.165) is 49.1 Å². The van der Waals surface area contributed by atoms with Crippen LogP contribution in [0, 0.1) is 13.8 Å². The SMILES string of the molecule is CC/C=C1/CC(CCCc2ccc(OC)cc2)=C(C)N(Cc2ccc(C)c(C)c2)C1=O. The van der Waals surface area contributed by atoms with Crippen LogP contribution >= 0.6 is 0 Å². The number of carbonyl (C=O) groups excluding carboxylic acids is 1. The molecular weight excluding hydrogens is 382 g/mol. The zero-order valence-electron chi connectivity index (χ0n) is 19.6. The molecule has 0 unspecified atom stereocenters. The Kier molecular flexibility index (Phi) is 7.73. The van der Waals surface area contributed by atoms with E-state index in [-0.39, 0.29) is 5.91 Å². The predicted octanol–water partition coefficient (Wildman–Crippen LogP) is 6.68. The highest BCUT2D eigenvalue weighted by molar-refractivity contribution is 5.96. The molecule has 0 atom stereocenters. The van der Waals surface area contributed by atoms with Crippen molar-refractivity contribution in [3.63, 3.8) is 0 Å². The second kappa shape index (κ2) is 10.5. The zero-order valence-corrected chi connectivity index (χ0v) is 19.6. The third-order valence-corrected chi connectivity index (χ3v) is 6.31. The molecule has 0 radical (unpaired) electrons. The first-order valence-electron chi connectivity index (χ1n) is 11.3. The van der Waals surface area contributed by atoms with E-state index in [1.807, 2.05) is 17.0 Å². The maximum Gasteiger partial charge on any atom is 0.254 e. The number of rotatable bonds is 8. The molecule has 1 aliphatic heterocycles. The predicted molar refractivity (Wildman–Crippen MR) is 128 cm³/mol. The number of aryl methyl sites for hydroxylation is 3. The molecule has 1 amide bonds. The van der Waals surface area contributed by atoms with Crippen molar-refractivity contribution >= 4 is 5.91 Å². The van der Waals surface area contributed by atoms with Gasteiger partial charge in [0.2, 0.25) is 0 Å². The Bertz CT molecular complexity index is 983. The lowest BCUT2D eigenvalue weighted by atomic mass is 9.91. The highest BCUT2D eigenvalue weighted by Crippen LogP contribution is 2.32. The lowest BCUT2D eigenvalue weighted by molar-refractivity contribution is -0.126. The van der Waals surface area contributed by atoms with E-state index in [4.69, 9.17) is 4.74 Å². The van der Waals surface area contributed by atoms with Crippen molar-refractivity contribution in [3.05, 3.63) is 87.6 Å². The van der Waals surface area contributed by atoms with Gasteiger partial charge in [-0.05, 0) is 86.4 Å². The Morgan fingerprint density at radius 3 is 2.32 bits per heavy atom. The van der Waals surface area contributed by atoms with Crippen LogP contribution in [0.5, 0.6) is 5.75 Å². The summed E-state index contributed by atoms with van der Waals surface area (Å²) in [5, 5.41) is 0. The van der Waals surface area contributed by atoms with Crippen LogP contribution in [0.2, 0.25) is 0 Å². The number of hydrogen-bond donors (Lipinski definition) is 0. The van der Waals surface area contributed by atoms with E-state index in [1.54, 1.807) is 7.11 Å². The highest BCUT2D eigenvalue weighted by atomic mass is 16.5. The van der Waals surface area contributed by atoms with E-state index < -0.39 is 0 Å². The minimum atomic E-state index is 0.163. The van der Waals surface area contributed by atoms with Crippen molar-refractivity contribution in [2.24, 2.45) is 0 Å². The first-order valence-corrected chi connectivity index (χ1v) is 11.3. The third-order valence-electron chi connectivity index (χ3n) is 6.31. The summed E-state index contributed by atoms with van der Waals surface area (Å²) in [6, 6.07) is 14.8. The van der Waals surface area contributed by atoms with E-state index in [0.29, 0.717) is 6.54 Å². The molecule has 3 rings (SSSR count). The fourth-order valence-corrected chi connectivity index (χ4v) is 4.20. The smallest absolute Gasteiger partial charge is 0.254 e. The van der Waals surface area contributed by atoms with E-state index in [9.17, 15) is 4.79 Å². The molecule has 0 aliphatic carbocycles. The molecule has 0 bridgehead atoms. The maximum absolute atomic E-state index is 13.2. The van der Waals surface area contributed by atoms with Crippen molar-refractivity contribution in [3.8, 4) is 5.75 Å². The first kappa shape index (κ1) is 22.9. The van der Waals surface area contributed by atoms with Gasteiger partial charge in [-0.25, -0.2) is 0 Å². The molecule has 164 valence electrons. The van der Waals surface area contributed by atoms with Gasteiger partial charge in [-0.3, -0.25) is 4.79 Å². The number of nitrogens with zero attached hydrogens (tertiary/aromatic N) is 1. The number of ether oxygens (including phenoxy) is 1. The van der Waals surface area contributed by atoms with E-state index in [2.05, 4.69) is 64.1 Å². The second-order valence-corrected chi connectivity index (χ2v) is 8.51. The lowest BCUT2D eigenvalue weighted by Crippen LogP contribution is -2.34. The zero-order chi connectivity index (χ0) is 22.4. The average molecular weight is 418 g/mol. The topological polar surface area (TPSA) is 29.5 Å². The Morgan fingerprint density at radius 1 is 0.968 bits per heavy atom. The van der Waals surface area contributed by atoms with Crippen molar-refractivity contribution in [2.75, 3.05) is 7.11 Å². The summed E-state index contributed by atoms with van der Waals surface area (Å²) in [6.45, 7) is 9.10. The fourth-order valence-electron chi connectivity index (χ4n) is 4.20. The molecule has 0 saturated heterocycles.